The molecule has 2 aliphatic rings. The van der Waals surface area contributed by atoms with E-state index in [1.54, 1.807) is 19.2 Å². The van der Waals surface area contributed by atoms with Gasteiger partial charge in [0.2, 0.25) is 5.82 Å². The Morgan fingerprint density at radius 3 is 2.55 bits per heavy atom. The number of halogens is 5. The Hall–Kier alpha value is -3.78. The van der Waals surface area contributed by atoms with Crippen molar-refractivity contribution in [3.63, 3.8) is 0 Å². The summed E-state index contributed by atoms with van der Waals surface area (Å²) in [6, 6.07) is 8.06. The number of ether oxygens (including phenoxy) is 1. The van der Waals surface area contributed by atoms with E-state index in [2.05, 4.69) is 15.4 Å². The van der Waals surface area contributed by atoms with Crippen molar-refractivity contribution in [1.82, 2.24) is 25.5 Å². The first-order valence-corrected chi connectivity index (χ1v) is 11.5. The number of carbonyl (C=O) groups is 2. The number of amides is 1. The SMILES string of the molecule is Cn1nnc(-c2c(F)cc(Cl)cc2-c2ccc3c(c2)OCCC3[NH-])n1.O=C(NC1(C(=O)O)CC1)C(F)(F)F. The second-order valence-electron chi connectivity index (χ2n) is 8.69. The first kappa shape index (κ1) is 27.3. The molecule has 0 saturated heterocycles. The number of carbonyl (C=O) groups excluding carboxylic acids is 1. The minimum atomic E-state index is -5.02. The molecule has 2 aromatic carbocycles. The average molecular weight is 556 g/mol. The highest BCUT2D eigenvalue weighted by Crippen LogP contribution is 2.40. The van der Waals surface area contributed by atoms with E-state index in [0.29, 0.717) is 24.3 Å². The van der Waals surface area contributed by atoms with Crippen LogP contribution in [0.5, 0.6) is 5.75 Å². The van der Waals surface area contributed by atoms with E-state index in [1.807, 2.05) is 12.1 Å². The first-order chi connectivity index (χ1) is 17.8. The van der Waals surface area contributed by atoms with Crippen LogP contribution in [0.4, 0.5) is 17.6 Å². The molecular weight excluding hydrogens is 536 g/mol. The molecular formula is C23H20ClF4N6O4-. The Labute approximate surface area is 217 Å². The van der Waals surface area contributed by atoms with Gasteiger partial charge < -0.3 is 20.9 Å². The predicted octanol–water partition coefficient (Wildman–Crippen LogP) is 4.49. The van der Waals surface area contributed by atoms with E-state index in [0.717, 1.165) is 11.1 Å². The van der Waals surface area contributed by atoms with E-state index in [4.69, 9.17) is 27.2 Å². The van der Waals surface area contributed by atoms with Crippen molar-refractivity contribution < 1.29 is 37.0 Å². The van der Waals surface area contributed by atoms with Crippen molar-refractivity contribution in [3.05, 3.63) is 52.5 Å². The average Bonchev–Trinajstić information content (AvgIpc) is 3.50. The molecule has 1 fully saturated rings. The van der Waals surface area contributed by atoms with Gasteiger partial charge in [0.1, 0.15) is 17.1 Å². The number of fused-ring (bicyclic) bond motifs is 1. The molecule has 1 aliphatic carbocycles. The fourth-order valence-electron chi connectivity index (χ4n) is 3.78. The van der Waals surface area contributed by atoms with Crippen molar-refractivity contribution >= 4 is 23.5 Å². The molecule has 0 spiro atoms. The zero-order valence-corrected chi connectivity index (χ0v) is 20.4. The van der Waals surface area contributed by atoms with E-state index in [1.165, 1.54) is 16.2 Å². The molecule has 1 aromatic heterocycles. The lowest BCUT2D eigenvalue weighted by atomic mass is 9.94. The van der Waals surface area contributed by atoms with Gasteiger partial charge in [-0.3, -0.25) is 4.79 Å². The molecule has 3 aromatic rings. The number of nitrogens with one attached hydrogen (secondary N) is 2. The highest BCUT2D eigenvalue weighted by atomic mass is 35.5. The van der Waals surface area contributed by atoms with Gasteiger partial charge in [-0.05, 0) is 59.4 Å². The molecule has 3 N–H and O–H groups in total. The monoisotopic (exact) mass is 555 g/mol. The zero-order valence-electron chi connectivity index (χ0n) is 19.6. The second-order valence-corrected chi connectivity index (χ2v) is 9.13. The number of aryl methyl sites for hydroxylation is 1. The van der Waals surface area contributed by atoms with Crippen LogP contribution < -0.4 is 10.1 Å². The Balaban J connectivity index is 0.000000219. The number of aromatic nitrogens is 4. The van der Waals surface area contributed by atoms with Gasteiger partial charge in [0.25, 0.3) is 0 Å². The summed E-state index contributed by atoms with van der Waals surface area (Å²) in [4.78, 5) is 22.0. The number of tetrazole rings is 1. The molecule has 15 heteroatoms. The maximum absolute atomic E-state index is 14.6. The first-order valence-electron chi connectivity index (χ1n) is 11.1. The van der Waals surface area contributed by atoms with Crippen molar-refractivity contribution in [3.8, 4) is 28.3 Å². The van der Waals surface area contributed by atoms with E-state index in [9.17, 15) is 27.2 Å². The summed E-state index contributed by atoms with van der Waals surface area (Å²) < 4.78 is 55.3. The number of carboxylic acid groups (broad SMARTS) is 1. The molecule has 1 saturated carbocycles. The maximum atomic E-state index is 14.6. The number of nitrogens with zero attached hydrogens (tertiary/aromatic N) is 4. The topological polar surface area (TPSA) is 143 Å². The Morgan fingerprint density at radius 2 is 1.97 bits per heavy atom. The largest absolute Gasteiger partial charge is 0.671 e. The number of hydrogen-bond acceptors (Lipinski definition) is 6. The molecule has 10 nitrogen and oxygen atoms in total. The van der Waals surface area contributed by atoms with Crippen LogP contribution in [0.2, 0.25) is 5.02 Å². The van der Waals surface area contributed by atoms with E-state index >= 15 is 0 Å². The van der Waals surface area contributed by atoms with Gasteiger partial charge in [0.05, 0.1) is 19.2 Å². The fraction of sp³-hybridized carbons (Fsp3) is 0.348. The minimum Gasteiger partial charge on any atom is -0.671 e. The number of alkyl halides is 3. The highest BCUT2D eigenvalue weighted by Gasteiger charge is 2.55. The van der Waals surface area contributed by atoms with Crippen molar-refractivity contribution in [1.29, 1.82) is 0 Å². The second kappa shape index (κ2) is 10.2. The Kier molecular flexibility index (Phi) is 7.30. The summed E-state index contributed by atoms with van der Waals surface area (Å²) in [5.74, 6) is -3.32. The summed E-state index contributed by atoms with van der Waals surface area (Å²) in [6.07, 6.45) is -4.27. The van der Waals surface area contributed by atoms with Crippen molar-refractivity contribution in [2.75, 3.05) is 6.61 Å². The molecule has 2 heterocycles. The molecule has 1 unspecified atom stereocenters. The third-order valence-corrected chi connectivity index (χ3v) is 6.14. The summed E-state index contributed by atoms with van der Waals surface area (Å²) in [7, 11) is 1.62. The van der Waals surface area contributed by atoms with Gasteiger partial charge in [0, 0.05) is 5.02 Å². The fourth-order valence-corrected chi connectivity index (χ4v) is 3.98. The third-order valence-electron chi connectivity index (χ3n) is 5.92. The van der Waals surface area contributed by atoms with Gasteiger partial charge in [-0.25, -0.2) is 9.18 Å². The summed E-state index contributed by atoms with van der Waals surface area (Å²) in [5.41, 5.74) is 8.74. The van der Waals surface area contributed by atoms with Gasteiger partial charge >= 0.3 is 18.1 Å². The van der Waals surface area contributed by atoms with E-state index in [-0.39, 0.29) is 35.3 Å². The molecule has 5 rings (SSSR count). The molecule has 1 aliphatic heterocycles. The van der Waals surface area contributed by atoms with Crippen molar-refractivity contribution in [2.24, 2.45) is 7.05 Å². The number of benzene rings is 2. The lowest BCUT2D eigenvalue weighted by Crippen LogP contribution is -2.48. The molecule has 1 amide bonds. The number of rotatable bonds is 4. The summed E-state index contributed by atoms with van der Waals surface area (Å²) in [6.45, 7) is 0.493. The normalized spacial score (nSPS) is 17.4. The van der Waals surface area contributed by atoms with Crippen LogP contribution in [-0.2, 0) is 16.6 Å². The Morgan fingerprint density at radius 1 is 1.26 bits per heavy atom. The number of hydrogen-bond donors (Lipinski definition) is 2. The van der Waals surface area contributed by atoms with Crippen LogP contribution in [0.1, 0.15) is 30.9 Å². The molecule has 202 valence electrons. The maximum Gasteiger partial charge on any atom is 0.471 e. The number of aliphatic carboxylic acids is 1. The van der Waals surface area contributed by atoms with Crippen LogP contribution in [0.15, 0.2) is 30.3 Å². The van der Waals surface area contributed by atoms with Gasteiger partial charge in [-0.2, -0.15) is 18.0 Å². The van der Waals surface area contributed by atoms with Crippen LogP contribution in [0, 0.1) is 5.82 Å². The quantitative estimate of drug-likeness (QED) is 0.451. The Bertz CT molecular complexity index is 1390. The standard InChI is InChI=1S/C17H14ClFN5O.C6H6F3NO3/c1-24-22-17(21-23-24)16-12(7-10(18)8-13(16)19)9-2-3-11-14(20)4-5-25-15(11)6-9;7-6(8,9)3(11)10-5(1-2-5)4(12)13/h2-3,6-8,14,20H,4-5H2,1H3;1-2H2,(H,10,11)(H,12,13)/q-1;. The molecule has 38 heavy (non-hydrogen) atoms. The van der Waals surface area contributed by atoms with Crippen LogP contribution in [0.25, 0.3) is 28.2 Å². The van der Waals surface area contributed by atoms with Gasteiger partial charge in [-0.15, -0.1) is 16.2 Å². The molecule has 1 atom stereocenters. The molecule has 0 radical (unpaired) electrons. The minimum absolute atomic E-state index is 0.0458. The molecule has 0 bridgehead atoms. The van der Waals surface area contributed by atoms with Crippen LogP contribution >= 0.6 is 11.6 Å². The third kappa shape index (κ3) is 5.70. The highest BCUT2D eigenvalue weighted by molar-refractivity contribution is 6.31. The predicted molar refractivity (Wildman–Crippen MR) is 126 cm³/mol. The van der Waals surface area contributed by atoms with E-state index < -0.39 is 29.4 Å². The smallest absolute Gasteiger partial charge is 0.471 e. The van der Waals surface area contributed by atoms with Gasteiger partial charge in [0.15, 0.2) is 0 Å². The number of carboxylic acids is 1. The lowest BCUT2D eigenvalue weighted by molar-refractivity contribution is -0.176. The van der Waals surface area contributed by atoms with Gasteiger partial charge in [-0.1, -0.05) is 23.7 Å². The summed E-state index contributed by atoms with van der Waals surface area (Å²) in [5, 5.41) is 22.0. The zero-order chi connectivity index (χ0) is 27.8. The lowest BCUT2D eigenvalue weighted by Gasteiger charge is -2.29. The van der Waals surface area contributed by atoms with Crippen LogP contribution in [-0.4, -0.2) is 55.5 Å². The summed E-state index contributed by atoms with van der Waals surface area (Å²) >= 11 is 6.07. The van der Waals surface area contributed by atoms with Crippen molar-refractivity contribution in [2.45, 2.75) is 37.0 Å². The van der Waals surface area contributed by atoms with Crippen LogP contribution in [0.3, 0.4) is 0 Å².